The lowest BCUT2D eigenvalue weighted by molar-refractivity contribution is 0.0714. The van der Waals surface area contributed by atoms with Crippen LogP contribution in [0.3, 0.4) is 0 Å². The van der Waals surface area contributed by atoms with E-state index in [1.165, 1.54) is 0 Å². The Balaban J connectivity index is 1.33. The molecule has 3 aromatic heterocycles. The van der Waals surface area contributed by atoms with Gasteiger partial charge in [0.1, 0.15) is 0 Å². The van der Waals surface area contributed by atoms with Crippen LogP contribution < -0.4 is 0 Å². The SMILES string of the molecule is O=C(c1ccc(-n2cccn2)nc1)N(Cc1nnc(-c2ccc(Cl)cc2)o1)C1CC1. The normalized spacial score (nSPS) is 13.4. The Hall–Kier alpha value is -3.52. The summed E-state index contributed by atoms with van der Waals surface area (Å²) in [5.74, 6) is 1.33. The standard InChI is InChI=1S/C21H17ClN6O2/c22-16-5-2-14(3-6-16)20-26-25-19(30-20)13-27(17-7-8-17)21(29)15-4-9-18(23-12-15)28-11-1-10-24-28/h1-6,9-12,17H,7-8,13H2. The third kappa shape index (κ3) is 3.81. The fraction of sp³-hybridized carbons (Fsp3) is 0.190. The van der Waals surface area contributed by atoms with Crippen molar-refractivity contribution in [3.8, 4) is 17.3 Å². The van der Waals surface area contributed by atoms with Gasteiger partial charge in [0, 0.05) is 35.2 Å². The van der Waals surface area contributed by atoms with Gasteiger partial charge in [0.25, 0.3) is 5.91 Å². The van der Waals surface area contributed by atoms with E-state index in [0.29, 0.717) is 28.2 Å². The fourth-order valence-electron chi connectivity index (χ4n) is 3.14. The smallest absolute Gasteiger partial charge is 0.256 e. The predicted octanol–water partition coefficient (Wildman–Crippen LogP) is 3.78. The molecule has 4 aromatic rings. The molecule has 5 rings (SSSR count). The Labute approximate surface area is 177 Å². The minimum Gasteiger partial charge on any atom is -0.419 e. The summed E-state index contributed by atoms with van der Waals surface area (Å²) in [6.07, 6.45) is 6.97. The van der Waals surface area contributed by atoms with Gasteiger partial charge in [0.05, 0.1) is 12.1 Å². The molecule has 9 heteroatoms. The van der Waals surface area contributed by atoms with Crippen molar-refractivity contribution in [3.63, 3.8) is 0 Å². The van der Waals surface area contributed by atoms with Gasteiger partial charge >= 0.3 is 0 Å². The number of halogens is 1. The average Bonchev–Trinajstić information content (AvgIpc) is 3.26. The summed E-state index contributed by atoms with van der Waals surface area (Å²) in [7, 11) is 0. The van der Waals surface area contributed by atoms with Gasteiger partial charge < -0.3 is 9.32 Å². The van der Waals surface area contributed by atoms with Crippen molar-refractivity contribution in [2.75, 3.05) is 0 Å². The minimum atomic E-state index is -0.108. The number of hydrogen-bond acceptors (Lipinski definition) is 6. The van der Waals surface area contributed by atoms with Crippen LogP contribution >= 0.6 is 11.6 Å². The summed E-state index contributed by atoms with van der Waals surface area (Å²) in [4.78, 5) is 19.2. The van der Waals surface area contributed by atoms with Crippen LogP contribution in [0.1, 0.15) is 29.1 Å². The van der Waals surface area contributed by atoms with Crippen LogP contribution in [0.25, 0.3) is 17.3 Å². The summed E-state index contributed by atoms with van der Waals surface area (Å²) in [6.45, 7) is 0.255. The predicted molar refractivity (Wildman–Crippen MR) is 109 cm³/mol. The lowest BCUT2D eigenvalue weighted by Crippen LogP contribution is -2.32. The Morgan fingerprint density at radius 3 is 2.67 bits per heavy atom. The first-order valence-corrected chi connectivity index (χ1v) is 9.90. The van der Waals surface area contributed by atoms with Crippen LogP contribution in [0.15, 0.2) is 65.5 Å². The number of nitrogens with zero attached hydrogens (tertiary/aromatic N) is 6. The highest BCUT2D eigenvalue weighted by Gasteiger charge is 2.34. The van der Waals surface area contributed by atoms with Gasteiger partial charge in [0.2, 0.25) is 11.8 Å². The number of carbonyl (C=O) groups is 1. The van der Waals surface area contributed by atoms with Crippen molar-refractivity contribution >= 4 is 17.5 Å². The summed E-state index contributed by atoms with van der Waals surface area (Å²) in [5, 5.41) is 13.0. The molecule has 1 aliphatic rings. The van der Waals surface area contributed by atoms with Gasteiger partial charge in [0.15, 0.2) is 5.82 Å². The quantitative estimate of drug-likeness (QED) is 0.471. The average molecular weight is 421 g/mol. The van der Waals surface area contributed by atoms with E-state index in [9.17, 15) is 4.79 Å². The monoisotopic (exact) mass is 420 g/mol. The first kappa shape index (κ1) is 18.5. The molecule has 1 saturated carbocycles. The van der Waals surface area contributed by atoms with Crippen molar-refractivity contribution < 1.29 is 9.21 Å². The third-order valence-corrected chi connectivity index (χ3v) is 5.10. The second-order valence-corrected chi connectivity index (χ2v) is 7.46. The van der Waals surface area contributed by atoms with E-state index in [-0.39, 0.29) is 18.5 Å². The van der Waals surface area contributed by atoms with Crippen LogP contribution in [0.4, 0.5) is 0 Å². The molecule has 30 heavy (non-hydrogen) atoms. The first-order chi connectivity index (χ1) is 14.7. The summed E-state index contributed by atoms with van der Waals surface area (Å²) >= 11 is 5.93. The molecule has 3 heterocycles. The molecule has 0 bridgehead atoms. The fourth-order valence-corrected chi connectivity index (χ4v) is 3.27. The van der Waals surface area contributed by atoms with Crippen molar-refractivity contribution in [1.82, 2.24) is 29.9 Å². The molecule has 1 aliphatic carbocycles. The number of rotatable bonds is 6. The Morgan fingerprint density at radius 1 is 1.17 bits per heavy atom. The van der Waals surface area contributed by atoms with E-state index < -0.39 is 0 Å². The van der Waals surface area contributed by atoms with Crippen LogP contribution in [-0.2, 0) is 6.54 Å². The zero-order valence-corrected chi connectivity index (χ0v) is 16.6. The maximum atomic E-state index is 13.1. The summed E-state index contributed by atoms with van der Waals surface area (Å²) in [6, 6.07) is 12.7. The van der Waals surface area contributed by atoms with Crippen LogP contribution in [-0.4, -0.2) is 41.8 Å². The molecular weight excluding hydrogens is 404 g/mol. The van der Waals surface area contributed by atoms with Gasteiger partial charge in [-0.1, -0.05) is 11.6 Å². The number of amides is 1. The molecule has 0 radical (unpaired) electrons. The maximum Gasteiger partial charge on any atom is 0.256 e. The maximum absolute atomic E-state index is 13.1. The van der Waals surface area contributed by atoms with E-state index in [0.717, 1.165) is 18.4 Å². The van der Waals surface area contributed by atoms with Gasteiger partial charge in [-0.05, 0) is 55.3 Å². The molecule has 0 unspecified atom stereocenters. The lowest BCUT2D eigenvalue weighted by Gasteiger charge is -2.20. The number of pyridine rings is 1. The second-order valence-electron chi connectivity index (χ2n) is 7.03. The van der Waals surface area contributed by atoms with Crippen LogP contribution in [0.5, 0.6) is 0 Å². The highest BCUT2D eigenvalue weighted by molar-refractivity contribution is 6.30. The van der Waals surface area contributed by atoms with E-state index >= 15 is 0 Å². The molecule has 8 nitrogen and oxygen atoms in total. The topological polar surface area (TPSA) is 89.9 Å². The molecule has 0 spiro atoms. The molecule has 1 fully saturated rings. The molecule has 0 N–H and O–H groups in total. The molecule has 0 atom stereocenters. The molecule has 0 aliphatic heterocycles. The van der Waals surface area contributed by atoms with E-state index in [1.54, 1.807) is 52.4 Å². The van der Waals surface area contributed by atoms with Crippen LogP contribution in [0, 0.1) is 0 Å². The zero-order valence-electron chi connectivity index (χ0n) is 15.8. The van der Waals surface area contributed by atoms with Gasteiger partial charge in [-0.25, -0.2) is 9.67 Å². The van der Waals surface area contributed by atoms with E-state index in [2.05, 4.69) is 20.3 Å². The number of carbonyl (C=O) groups excluding carboxylic acids is 1. The van der Waals surface area contributed by atoms with Crippen molar-refractivity contribution in [1.29, 1.82) is 0 Å². The molecule has 0 saturated heterocycles. The van der Waals surface area contributed by atoms with Gasteiger partial charge in [-0.3, -0.25) is 4.79 Å². The third-order valence-electron chi connectivity index (χ3n) is 4.85. The molecule has 1 amide bonds. The largest absolute Gasteiger partial charge is 0.419 e. The van der Waals surface area contributed by atoms with Crippen molar-refractivity contribution in [2.45, 2.75) is 25.4 Å². The summed E-state index contributed by atoms with van der Waals surface area (Å²) < 4.78 is 7.43. The van der Waals surface area contributed by atoms with Gasteiger partial charge in [-0.2, -0.15) is 5.10 Å². The van der Waals surface area contributed by atoms with Crippen molar-refractivity contribution in [3.05, 3.63) is 77.5 Å². The number of benzene rings is 1. The number of aromatic nitrogens is 5. The second kappa shape index (κ2) is 7.72. The Kier molecular flexibility index (Phi) is 4.76. The molecule has 150 valence electrons. The molecule has 1 aromatic carbocycles. The van der Waals surface area contributed by atoms with E-state index in [4.69, 9.17) is 16.0 Å². The van der Waals surface area contributed by atoms with E-state index in [1.807, 2.05) is 18.2 Å². The molecular formula is C21H17ClN6O2. The Morgan fingerprint density at radius 2 is 2.00 bits per heavy atom. The zero-order chi connectivity index (χ0) is 20.5. The first-order valence-electron chi connectivity index (χ1n) is 9.53. The highest BCUT2D eigenvalue weighted by atomic mass is 35.5. The highest BCUT2D eigenvalue weighted by Crippen LogP contribution is 2.30. The van der Waals surface area contributed by atoms with Crippen molar-refractivity contribution in [2.24, 2.45) is 0 Å². The van der Waals surface area contributed by atoms with Crippen LogP contribution in [0.2, 0.25) is 5.02 Å². The Bertz CT molecular complexity index is 1150. The minimum absolute atomic E-state index is 0.108. The van der Waals surface area contributed by atoms with Gasteiger partial charge in [-0.15, -0.1) is 10.2 Å². The lowest BCUT2D eigenvalue weighted by atomic mass is 10.2. The summed E-state index contributed by atoms with van der Waals surface area (Å²) in [5.41, 5.74) is 1.29. The number of hydrogen-bond donors (Lipinski definition) is 0.